The van der Waals surface area contributed by atoms with Gasteiger partial charge in [-0.1, -0.05) is 42.5 Å². The molecule has 1 aliphatic rings. The Labute approximate surface area is 77.7 Å². The molecule has 1 fully saturated rings. The maximum absolute atomic E-state index is 2.28. The molecule has 0 N–H and O–H groups in total. The molecule has 0 aliphatic carbocycles. The van der Waals surface area contributed by atoms with Gasteiger partial charge in [-0.05, 0) is 12.0 Å². The highest BCUT2D eigenvalue weighted by atomic mass is 32.2. The molecule has 1 heteroatoms. The van der Waals surface area contributed by atoms with Crippen LogP contribution in [-0.4, -0.2) is 11.0 Å². The molecule has 0 bridgehead atoms. The van der Waals surface area contributed by atoms with Crippen molar-refractivity contribution in [3.05, 3.63) is 42.0 Å². The first-order chi connectivity index (χ1) is 5.95. The first-order valence-electron chi connectivity index (χ1n) is 4.28. The minimum atomic E-state index is 0.921. The van der Waals surface area contributed by atoms with E-state index in [9.17, 15) is 0 Å². The van der Waals surface area contributed by atoms with Gasteiger partial charge >= 0.3 is 0 Å². The summed E-state index contributed by atoms with van der Waals surface area (Å²) < 4.78 is 0. The molecule has 0 spiro atoms. The van der Waals surface area contributed by atoms with Crippen molar-refractivity contribution in [2.24, 2.45) is 0 Å². The number of allylic oxidation sites excluding steroid dienone is 1. The van der Waals surface area contributed by atoms with E-state index < -0.39 is 0 Å². The van der Waals surface area contributed by atoms with Crippen molar-refractivity contribution in [3.63, 3.8) is 0 Å². The summed E-state index contributed by atoms with van der Waals surface area (Å²) in [5.41, 5.74) is 1.31. The molecule has 1 unspecified atom stereocenters. The van der Waals surface area contributed by atoms with Crippen LogP contribution in [0.4, 0.5) is 0 Å². The van der Waals surface area contributed by atoms with Crippen molar-refractivity contribution in [2.45, 2.75) is 11.7 Å². The van der Waals surface area contributed by atoms with Gasteiger partial charge in [-0.15, -0.1) is 0 Å². The summed E-state index contributed by atoms with van der Waals surface area (Å²) in [6, 6.07) is 10.5. The van der Waals surface area contributed by atoms with Crippen LogP contribution < -0.4 is 0 Å². The molecule has 0 aromatic heterocycles. The molecule has 1 heterocycles. The lowest BCUT2D eigenvalue weighted by Crippen LogP contribution is -1.76. The van der Waals surface area contributed by atoms with Crippen LogP contribution in [0.3, 0.4) is 0 Å². The van der Waals surface area contributed by atoms with Crippen LogP contribution in [0, 0.1) is 0 Å². The molecular formula is C11H12S. The van der Waals surface area contributed by atoms with Crippen molar-refractivity contribution in [3.8, 4) is 0 Å². The molecule has 0 amide bonds. The maximum atomic E-state index is 2.28. The van der Waals surface area contributed by atoms with Gasteiger partial charge in [-0.3, -0.25) is 0 Å². The number of hydrogen-bond acceptors (Lipinski definition) is 1. The standard InChI is InChI=1S/C11H12S/c1-2-5-10(6-3-1)7-4-8-11-9-12-11/h1-7,11H,8-9H2. The number of benzene rings is 1. The van der Waals surface area contributed by atoms with E-state index in [1.165, 1.54) is 17.7 Å². The Morgan fingerprint density at radius 1 is 1.33 bits per heavy atom. The van der Waals surface area contributed by atoms with E-state index in [1.807, 2.05) is 6.07 Å². The van der Waals surface area contributed by atoms with Crippen molar-refractivity contribution in [1.29, 1.82) is 0 Å². The van der Waals surface area contributed by atoms with Crippen LogP contribution >= 0.6 is 11.8 Å². The van der Waals surface area contributed by atoms with Crippen LogP contribution in [0.15, 0.2) is 36.4 Å². The SMILES string of the molecule is C(=Cc1ccccc1)CC1CS1. The lowest BCUT2D eigenvalue weighted by atomic mass is 10.2. The van der Waals surface area contributed by atoms with Gasteiger partial charge in [0, 0.05) is 11.0 Å². The van der Waals surface area contributed by atoms with Gasteiger partial charge in [-0.2, -0.15) is 11.8 Å². The van der Waals surface area contributed by atoms with Gasteiger partial charge < -0.3 is 0 Å². The van der Waals surface area contributed by atoms with E-state index in [0.717, 1.165) is 5.25 Å². The minimum Gasteiger partial charge on any atom is -0.156 e. The van der Waals surface area contributed by atoms with Crippen LogP contribution in [-0.2, 0) is 0 Å². The third-order valence-corrected chi connectivity index (χ3v) is 2.91. The first kappa shape index (κ1) is 7.93. The summed E-state index contributed by atoms with van der Waals surface area (Å²) >= 11 is 2.05. The molecule has 0 nitrogen and oxygen atoms in total. The summed E-state index contributed by atoms with van der Waals surface area (Å²) in [6.45, 7) is 0. The normalized spacial score (nSPS) is 21.5. The molecule has 1 aliphatic heterocycles. The Morgan fingerprint density at radius 2 is 2.08 bits per heavy atom. The van der Waals surface area contributed by atoms with E-state index in [2.05, 4.69) is 48.2 Å². The molecule has 62 valence electrons. The predicted molar refractivity (Wildman–Crippen MR) is 56.3 cm³/mol. The second-order valence-corrected chi connectivity index (χ2v) is 4.34. The monoisotopic (exact) mass is 176 g/mol. The summed E-state index contributed by atoms with van der Waals surface area (Å²) in [6.07, 6.45) is 5.72. The van der Waals surface area contributed by atoms with Crippen molar-refractivity contribution < 1.29 is 0 Å². The molecule has 1 saturated heterocycles. The average Bonchev–Trinajstić information content (AvgIpc) is 2.90. The zero-order chi connectivity index (χ0) is 8.23. The highest BCUT2D eigenvalue weighted by Crippen LogP contribution is 2.33. The van der Waals surface area contributed by atoms with Crippen LogP contribution in [0.1, 0.15) is 12.0 Å². The van der Waals surface area contributed by atoms with Crippen LogP contribution in [0.2, 0.25) is 0 Å². The first-order valence-corrected chi connectivity index (χ1v) is 5.33. The van der Waals surface area contributed by atoms with Gasteiger partial charge in [-0.25, -0.2) is 0 Å². The third-order valence-electron chi connectivity index (χ3n) is 1.91. The molecule has 1 aromatic rings. The average molecular weight is 176 g/mol. The Morgan fingerprint density at radius 3 is 2.75 bits per heavy atom. The molecule has 2 rings (SSSR count). The molecule has 1 aromatic carbocycles. The highest BCUT2D eigenvalue weighted by molar-refractivity contribution is 8.06. The van der Waals surface area contributed by atoms with E-state index in [0.29, 0.717) is 0 Å². The topological polar surface area (TPSA) is 0 Å². The highest BCUT2D eigenvalue weighted by Gasteiger charge is 2.19. The quantitative estimate of drug-likeness (QED) is 0.637. The van der Waals surface area contributed by atoms with Crippen molar-refractivity contribution in [1.82, 2.24) is 0 Å². The van der Waals surface area contributed by atoms with Gasteiger partial charge in [0.05, 0.1) is 0 Å². The summed E-state index contributed by atoms with van der Waals surface area (Å²) in [4.78, 5) is 0. The second kappa shape index (κ2) is 3.81. The Kier molecular flexibility index (Phi) is 2.52. The summed E-state index contributed by atoms with van der Waals surface area (Å²) in [7, 11) is 0. The Bertz CT molecular complexity index is 260. The zero-order valence-electron chi connectivity index (χ0n) is 6.94. The summed E-state index contributed by atoms with van der Waals surface area (Å²) in [5, 5.41) is 0.921. The second-order valence-electron chi connectivity index (χ2n) is 3.00. The Balaban J connectivity index is 1.89. The number of thioether (sulfide) groups is 1. The number of hydrogen-bond donors (Lipinski definition) is 0. The Hall–Kier alpha value is -0.690. The van der Waals surface area contributed by atoms with Gasteiger partial charge in [0.15, 0.2) is 0 Å². The number of rotatable bonds is 3. The van der Waals surface area contributed by atoms with Crippen LogP contribution in [0.5, 0.6) is 0 Å². The fraction of sp³-hybridized carbons (Fsp3) is 0.273. The van der Waals surface area contributed by atoms with Crippen molar-refractivity contribution >= 4 is 17.8 Å². The summed E-state index contributed by atoms with van der Waals surface area (Å²) in [5.74, 6) is 1.36. The lowest BCUT2D eigenvalue weighted by Gasteiger charge is -1.90. The van der Waals surface area contributed by atoms with E-state index in [1.54, 1.807) is 0 Å². The van der Waals surface area contributed by atoms with E-state index >= 15 is 0 Å². The molecule has 0 radical (unpaired) electrons. The smallest absolute Gasteiger partial charge is 0.0173 e. The predicted octanol–water partition coefficient (Wildman–Crippen LogP) is 3.21. The molecule has 1 atom stereocenters. The van der Waals surface area contributed by atoms with Crippen molar-refractivity contribution in [2.75, 3.05) is 5.75 Å². The molecule has 12 heavy (non-hydrogen) atoms. The minimum absolute atomic E-state index is 0.921. The van der Waals surface area contributed by atoms with Gasteiger partial charge in [0.2, 0.25) is 0 Å². The van der Waals surface area contributed by atoms with E-state index in [4.69, 9.17) is 0 Å². The van der Waals surface area contributed by atoms with Crippen LogP contribution in [0.25, 0.3) is 6.08 Å². The zero-order valence-corrected chi connectivity index (χ0v) is 7.76. The fourth-order valence-electron chi connectivity index (χ4n) is 1.12. The van der Waals surface area contributed by atoms with Gasteiger partial charge in [0.1, 0.15) is 0 Å². The maximum Gasteiger partial charge on any atom is 0.0173 e. The molecule has 0 saturated carbocycles. The van der Waals surface area contributed by atoms with E-state index in [-0.39, 0.29) is 0 Å². The molecular weight excluding hydrogens is 164 g/mol. The van der Waals surface area contributed by atoms with Gasteiger partial charge in [0.25, 0.3) is 0 Å². The third kappa shape index (κ3) is 2.42. The fourth-order valence-corrected chi connectivity index (χ4v) is 1.64. The lowest BCUT2D eigenvalue weighted by molar-refractivity contribution is 1.08. The largest absolute Gasteiger partial charge is 0.156 e.